The molecule has 0 unspecified atom stereocenters. The molecule has 1 aromatic carbocycles. The molecular formula is C16H18N6O2. The number of aromatic amines is 1. The van der Waals surface area contributed by atoms with E-state index in [0.29, 0.717) is 47.3 Å². The van der Waals surface area contributed by atoms with Gasteiger partial charge in [0.2, 0.25) is 0 Å². The summed E-state index contributed by atoms with van der Waals surface area (Å²) in [6, 6.07) is 7.25. The molecule has 3 rings (SSSR count). The maximum atomic E-state index is 12.4. The van der Waals surface area contributed by atoms with Crippen molar-refractivity contribution >= 4 is 11.6 Å². The van der Waals surface area contributed by atoms with E-state index < -0.39 is 0 Å². The van der Waals surface area contributed by atoms with Gasteiger partial charge in [-0.05, 0) is 31.2 Å². The summed E-state index contributed by atoms with van der Waals surface area (Å²) in [5.41, 5.74) is 8.08. The number of H-pyrrole nitrogens is 1. The average molecular weight is 326 g/mol. The number of nitrogens with one attached hydrogen (secondary N) is 2. The molecule has 0 atom stereocenters. The molecule has 0 spiro atoms. The average Bonchev–Trinajstić information content (AvgIpc) is 3.21. The van der Waals surface area contributed by atoms with Crippen LogP contribution >= 0.6 is 0 Å². The monoisotopic (exact) mass is 326 g/mol. The lowest BCUT2D eigenvalue weighted by molar-refractivity contribution is 0.102. The molecule has 4 N–H and O–H groups in total. The van der Waals surface area contributed by atoms with Gasteiger partial charge >= 0.3 is 0 Å². The topological polar surface area (TPSA) is 123 Å². The van der Waals surface area contributed by atoms with E-state index in [-0.39, 0.29) is 5.91 Å². The van der Waals surface area contributed by atoms with Crippen LogP contribution in [0.4, 0.5) is 5.69 Å². The van der Waals surface area contributed by atoms with Crippen molar-refractivity contribution in [2.45, 2.75) is 26.8 Å². The Balaban J connectivity index is 1.76. The molecule has 8 heteroatoms. The highest BCUT2D eigenvalue weighted by Gasteiger charge is 2.19. The normalized spacial score (nSPS) is 10.8. The van der Waals surface area contributed by atoms with Crippen LogP contribution < -0.4 is 11.1 Å². The van der Waals surface area contributed by atoms with E-state index in [1.807, 2.05) is 19.1 Å². The second-order valence-electron chi connectivity index (χ2n) is 5.26. The highest BCUT2D eigenvalue weighted by molar-refractivity contribution is 6.05. The minimum Gasteiger partial charge on any atom is -0.360 e. The van der Waals surface area contributed by atoms with Gasteiger partial charge in [0.25, 0.3) is 5.91 Å². The third kappa shape index (κ3) is 3.04. The van der Waals surface area contributed by atoms with E-state index in [1.54, 1.807) is 19.1 Å². The number of nitrogens with two attached hydrogens (primary N) is 1. The zero-order valence-corrected chi connectivity index (χ0v) is 13.5. The Hall–Kier alpha value is -3.00. The second kappa shape index (κ2) is 6.63. The minimum atomic E-state index is -0.235. The molecule has 0 fully saturated rings. The lowest BCUT2D eigenvalue weighted by Crippen LogP contribution is -2.14. The lowest BCUT2D eigenvalue weighted by atomic mass is 10.1. The zero-order valence-electron chi connectivity index (χ0n) is 13.5. The van der Waals surface area contributed by atoms with E-state index in [9.17, 15) is 4.79 Å². The largest absolute Gasteiger partial charge is 0.360 e. The maximum Gasteiger partial charge on any atom is 0.261 e. The third-order valence-electron chi connectivity index (χ3n) is 3.61. The first kappa shape index (κ1) is 15.9. The number of rotatable bonds is 5. The number of hydrogen-bond acceptors (Lipinski definition) is 6. The number of nitrogens with zero attached hydrogens (tertiary/aromatic N) is 3. The van der Waals surface area contributed by atoms with Crippen LogP contribution in [0.2, 0.25) is 0 Å². The predicted molar refractivity (Wildman–Crippen MR) is 88.3 cm³/mol. The van der Waals surface area contributed by atoms with Crippen LogP contribution in [0.3, 0.4) is 0 Å². The summed E-state index contributed by atoms with van der Waals surface area (Å²) in [4.78, 5) is 16.7. The molecule has 124 valence electrons. The van der Waals surface area contributed by atoms with Crippen LogP contribution in [0, 0.1) is 6.92 Å². The Labute approximate surface area is 138 Å². The van der Waals surface area contributed by atoms with Crippen LogP contribution in [-0.4, -0.2) is 26.2 Å². The van der Waals surface area contributed by atoms with Crippen molar-refractivity contribution < 1.29 is 9.32 Å². The van der Waals surface area contributed by atoms with Gasteiger partial charge in [0.15, 0.2) is 5.82 Å². The number of benzene rings is 1. The molecule has 2 heterocycles. The Morgan fingerprint density at radius 1 is 1.33 bits per heavy atom. The molecular weight excluding hydrogens is 308 g/mol. The number of carbonyl (C=O) groups is 1. The predicted octanol–water partition coefficient (Wildman–Crippen LogP) is 2.04. The van der Waals surface area contributed by atoms with Gasteiger partial charge in [-0.3, -0.25) is 9.89 Å². The standard InChI is InChI=1S/C16H18N6O2/c1-3-12-14(9(2)22-24-12)16(23)18-11-6-4-10(5-7-11)15-19-13(8-17)20-21-15/h4-7H,3,8,17H2,1-2H3,(H,18,23)(H,19,20,21). The zero-order chi connectivity index (χ0) is 17.1. The summed E-state index contributed by atoms with van der Waals surface area (Å²) in [6.45, 7) is 3.97. The fourth-order valence-corrected chi connectivity index (χ4v) is 2.36. The molecule has 24 heavy (non-hydrogen) atoms. The molecule has 0 saturated heterocycles. The SMILES string of the molecule is CCc1onc(C)c1C(=O)Nc1ccc(-c2n[nH]c(CN)n2)cc1. The molecule has 0 saturated carbocycles. The fraction of sp³-hybridized carbons (Fsp3) is 0.250. The van der Waals surface area contributed by atoms with Crippen molar-refractivity contribution in [2.24, 2.45) is 5.73 Å². The van der Waals surface area contributed by atoms with Crippen molar-refractivity contribution in [2.75, 3.05) is 5.32 Å². The van der Waals surface area contributed by atoms with E-state index in [1.165, 1.54) is 0 Å². The lowest BCUT2D eigenvalue weighted by Gasteiger charge is -2.05. The van der Waals surface area contributed by atoms with Gasteiger partial charge in [0, 0.05) is 17.7 Å². The van der Waals surface area contributed by atoms with Gasteiger partial charge in [0.1, 0.15) is 17.1 Å². The van der Waals surface area contributed by atoms with Crippen molar-refractivity contribution in [1.82, 2.24) is 20.3 Å². The molecule has 0 aliphatic rings. The second-order valence-corrected chi connectivity index (χ2v) is 5.26. The number of amides is 1. The molecule has 0 bridgehead atoms. The van der Waals surface area contributed by atoms with Crippen molar-refractivity contribution in [3.05, 3.63) is 47.1 Å². The first-order valence-electron chi connectivity index (χ1n) is 7.60. The Morgan fingerprint density at radius 3 is 2.71 bits per heavy atom. The van der Waals surface area contributed by atoms with Gasteiger partial charge in [-0.2, -0.15) is 5.10 Å². The van der Waals surface area contributed by atoms with Crippen molar-refractivity contribution in [1.29, 1.82) is 0 Å². The van der Waals surface area contributed by atoms with Crippen LogP contribution in [0.15, 0.2) is 28.8 Å². The molecule has 8 nitrogen and oxygen atoms in total. The first-order chi connectivity index (χ1) is 11.6. The smallest absolute Gasteiger partial charge is 0.261 e. The summed E-state index contributed by atoms with van der Waals surface area (Å²) in [5.74, 6) is 1.53. The summed E-state index contributed by atoms with van der Waals surface area (Å²) in [5, 5.41) is 13.6. The fourth-order valence-electron chi connectivity index (χ4n) is 2.36. The summed E-state index contributed by atoms with van der Waals surface area (Å²) >= 11 is 0. The van der Waals surface area contributed by atoms with Gasteiger partial charge < -0.3 is 15.6 Å². The van der Waals surface area contributed by atoms with Gasteiger partial charge in [-0.25, -0.2) is 4.98 Å². The molecule has 0 aliphatic heterocycles. The Kier molecular flexibility index (Phi) is 4.39. The van der Waals surface area contributed by atoms with E-state index in [2.05, 4.69) is 25.7 Å². The Morgan fingerprint density at radius 2 is 2.08 bits per heavy atom. The van der Waals surface area contributed by atoms with Gasteiger partial charge in [0.05, 0.1) is 12.2 Å². The minimum absolute atomic E-state index is 0.235. The highest BCUT2D eigenvalue weighted by atomic mass is 16.5. The van der Waals surface area contributed by atoms with Crippen LogP contribution in [0.5, 0.6) is 0 Å². The molecule has 3 aromatic rings. The Bertz CT molecular complexity index is 850. The summed E-state index contributed by atoms with van der Waals surface area (Å²) < 4.78 is 5.15. The quantitative estimate of drug-likeness (QED) is 0.659. The van der Waals surface area contributed by atoms with Crippen LogP contribution in [0.25, 0.3) is 11.4 Å². The molecule has 0 radical (unpaired) electrons. The first-order valence-corrected chi connectivity index (χ1v) is 7.60. The number of hydrogen-bond donors (Lipinski definition) is 3. The van der Waals surface area contributed by atoms with Crippen LogP contribution in [-0.2, 0) is 13.0 Å². The van der Waals surface area contributed by atoms with Gasteiger partial charge in [-0.1, -0.05) is 12.1 Å². The molecule has 2 aromatic heterocycles. The maximum absolute atomic E-state index is 12.4. The highest BCUT2D eigenvalue weighted by Crippen LogP contribution is 2.20. The molecule has 1 amide bonds. The summed E-state index contributed by atoms with van der Waals surface area (Å²) in [7, 11) is 0. The molecule has 0 aliphatic carbocycles. The third-order valence-corrected chi connectivity index (χ3v) is 3.61. The van der Waals surface area contributed by atoms with E-state index in [0.717, 1.165) is 5.56 Å². The number of anilines is 1. The van der Waals surface area contributed by atoms with E-state index >= 15 is 0 Å². The van der Waals surface area contributed by atoms with Gasteiger partial charge in [-0.15, -0.1) is 0 Å². The number of aryl methyl sites for hydroxylation is 2. The van der Waals surface area contributed by atoms with Crippen molar-refractivity contribution in [3.8, 4) is 11.4 Å². The van der Waals surface area contributed by atoms with Crippen LogP contribution in [0.1, 0.15) is 34.6 Å². The van der Waals surface area contributed by atoms with E-state index in [4.69, 9.17) is 10.3 Å². The summed E-state index contributed by atoms with van der Waals surface area (Å²) in [6.07, 6.45) is 0.608. The number of aromatic nitrogens is 4. The number of carbonyl (C=O) groups excluding carboxylic acids is 1. The van der Waals surface area contributed by atoms with Crippen molar-refractivity contribution in [3.63, 3.8) is 0 Å².